The Labute approximate surface area is 208 Å². The maximum Gasteiger partial charge on any atom is 0.341 e. The zero-order chi connectivity index (χ0) is 23.5. The quantitative estimate of drug-likeness (QED) is 0.351. The Balaban J connectivity index is 1.51. The van der Waals surface area contributed by atoms with Gasteiger partial charge in [0.2, 0.25) is 0 Å². The van der Waals surface area contributed by atoms with Crippen molar-refractivity contribution in [2.75, 3.05) is 43.5 Å². The number of nitrogens with zero attached hydrogens (tertiary/aromatic N) is 2. The molecule has 0 aliphatic carbocycles. The number of esters is 1. The lowest BCUT2D eigenvalue weighted by Crippen LogP contribution is -2.50. The number of carbonyl (C=O) groups is 1. The fourth-order valence-corrected chi connectivity index (χ4v) is 5.71. The minimum absolute atomic E-state index is 0.371. The van der Waals surface area contributed by atoms with E-state index < -0.39 is 0 Å². The van der Waals surface area contributed by atoms with Crippen LogP contribution in [0.5, 0.6) is 0 Å². The van der Waals surface area contributed by atoms with Crippen LogP contribution in [0.15, 0.2) is 48.5 Å². The number of hydrogen-bond acceptors (Lipinski definition) is 5. The molecule has 4 rings (SSSR count). The number of aryl methyl sites for hydroxylation is 2. The Morgan fingerprint density at radius 1 is 1.09 bits per heavy atom. The molecule has 3 aromatic rings. The van der Waals surface area contributed by atoms with Crippen molar-refractivity contribution in [3.63, 3.8) is 0 Å². The molecule has 0 atom stereocenters. The summed E-state index contributed by atoms with van der Waals surface area (Å²) in [5, 5.41) is 5.41. The van der Waals surface area contributed by atoms with E-state index in [1.165, 1.54) is 24.0 Å². The molecule has 1 saturated heterocycles. The van der Waals surface area contributed by atoms with Crippen LogP contribution < -0.4 is 10.2 Å². The molecule has 1 aromatic heterocycles. The van der Waals surface area contributed by atoms with Gasteiger partial charge in [0.05, 0.1) is 7.11 Å². The van der Waals surface area contributed by atoms with Crippen molar-refractivity contribution in [2.45, 2.75) is 13.8 Å². The fourth-order valence-electron chi connectivity index (χ4n) is 4.13. The Kier molecular flexibility index (Phi) is 7.22. The third kappa shape index (κ3) is 5.00. The minimum Gasteiger partial charge on any atom is -0.465 e. The van der Waals surface area contributed by atoms with Gasteiger partial charge in [0, 0.05) is 47.3 Å². The number of rotatable bonds is 4. The van der Waals surface area contributed by atoms with E-state index in [9.17, 15) is 4.79 Å². The van der Waals surface area contributed by atoms with Crippen molar-refractivity contribution >= 4 is 56.9 Å². The van der Waals surface area contributed by atoms with E-state index in [1.807, 2.05) is 55.5 Å². The van der Waals surface area contributed by atoms with Crippen molar-refractivity contribution in [1.82, 2.24) is 4.90 Å². The van der Waals surface area contributed by atoms with E-state index in [1.54, 1.807) is 0 Å². The fraction of sp³-hybridized carbons (Fsp3) is 0.280. The Bertz CT molecular complexity index is 1170. The number of nitrogens with one attached hydrogen (secondary N) is 1. The Morgan fingerprint density at radius 2 is 1.79 bits per heavy atom. The number of thiocarbonyl (C=S) groups is 1. The Morgan fingerprint density at radius 3 is 2.45 bits per heavy atom. The maximum atomic E-state index is 12.7. The normalized spacial score (nSPS) is 13.7. The third-order valence-electron chi connectivity index (χ3n) is 5.84. The molecule has 2 aromatic carbocycles. The summed E-state index contributed by atoms with van der Waals surface area (Å²) in [6.45, 7) is 7.35. The summed E-state index contributed by atoms with van der Waals surface area (Å²) in [7, 11) is 1.41. The highest BCUT2D eigenvalue weighted by Gasteiger charge is 2.26. The average Bonchev–Trinajstić information content (AvgIpc) is 3.16. The molecule has 0 spiro atoms. The third-order valence-corrected chi connectivity index (χ3v) is 7.45. The topological polar surface area (TPSA) is 44.8 Å². The van der Waals surface area contributed by atoms with Crippen molar-refractivity contribution < 1.29 is 9.53 Å². The van der Waals surface area contributed by atoms with Crippen LogP contribution in [0.2, 0.25) is 5.02 Å². The first-order chi connectivity index (χ1) is 15.9. The SMILES string of the molecule is COC(=O)c1c(NC(=S)N2CCN(c3cc(Cl)ccc3C)CC2)sc(C)c1-c1ccccc1. The molecule has 1 aliphatic rings. The minimum atomic E-state index is -0.371. The molecule has 1 N–H and O–H groups in total. The van der Waals surface area contributed by atoms with Crippen LogP contribution in [0.3, 0.4) is 0 Å². The van der Waals surface area contributed by atoms with Crippen LogP contribution in [0.1, 0.15) is 20.8 Å². The Hall–Kier alpha value is -2.61. The van der Waals surface area contributed by atoms with Gasteiger partial charge in [-0.1, -0.05) is 48.0 Å². The summed E-state index contributed by atoms with van der Waals surface area (Å²) < 4.78 is 5.12. The molecule has 1 aliphatic heterocycles. The van der Waals surface area contributed by atoms with Gasteiger partial charge in [-0.2, -0.15) is 0 Å². The number of piperazine rings is 1. The summed E-state index contributed by atoms with van der Waals surface area (Å²) in [5.74, 6) is -0.371. The first kappa shape index (κ1) is 23.5. The van der Waals surface area contributed by atoms with Gasteiger partial charge in [-0.05, 0) is 49.3 Å². The highest BCUT2D eigenvalue weighted by atomic mass is 35.5. The number of thiophene rings is 1. The van der Waals surface area contributed by atoms with Crippen LogP contribution in [-0.2, 0) is 4.74 Å². The predicted octanol–water partition coefficient (Wildman–Crippen LogP) is 5.99. The molecule has 0 unspecified atom stereocenters. The first-order valence-electron chi connectivity index (χ1n) is 10.7. The second kappa shape index (κ2) is 10.1. The van der Waals surface area contributed by atoms with Crippen molar-refractivity contribution in [2.24, 2.45) is 0 Å². The van der Waals surface area contributed by atoms with Gasteiger partial charge in [0.15, 0.2) is 5.11 Å². The van der Waals surface area contributed by atoms with Gasteiger partial charge in [0.25, 0.3) is 0 Å². The molecule has 172 valence electrons. The summed E-state index contributed by atoms with van der Waals surface area (Å²) in [4.78, 5) is 18.2. The number of anilines is 2. The lowest BCUT2D eigenvalue weighted by Gasteiger charge is -2.38. The average molecular weight is 500 g/mol. The zero-order valence-electron chi connectivity index (χ0n) is 18.9. The number of ether oxygens (including phenoxy) is 1. The van der Waals surface area contributed by atoms with Crippen LogP contribution in [0, 0.1) is 13.8 Å². The lowest BCUT2D eigenvalue weighted by molar-refractivity contribution is 0.0603. The number of methoxy groups -OCH3 is 1. The monoisotopic (exact) mass is 499 g/mol. The van der Waals surface area contributed by atoms with Gasteiger partial charge in [-0.15, -0.1) is 11.3 Å². The van der Waals surface area contributed by atoms with Crippen LogP contribution in [0.25, 0.3) is 11.1 Å². The van der Waals surface area contributed by atoms with E-state index in [2.05, 4.69) is 22.0 Å². The van der Waals surface area contributed by atoms with E-state index >= 15 is 0 Å². The molecule has 0 saturated carbocycles. The largest absolute Gasteiger partial charge is 0.465 e. The second-order valence-corrected chi connectivity index (χ2v) is 9.98. The lowest BCUT2D eigenvalue weighted by atomic mass is 10.0. The second-order valence-electron chi connectivity index (χ2n) is 7.93. The molecule has 33 heavy (non-hydrogen) atoms. The maximum absolute atomic E-state index is 12.7. The molecule has 8 heteroatoms. The molecule has 0 radical (unpaired) electrons. The predicted molar refractivity (Wildman–Crippen MR) is 142 cm³/mol. The van der Waals surface area contributed by atoms with Gasteiger partial charge in [-0.3, -0.25) is 0 Å². The molecule has 2 heterocycles. The van der Waals surface area contributed by atoms with Gasteiger partial charge < -0.3 is 19.9 Å². The van der Waals surface area contributed by atoms with Crippen molar-refractivity contribution in [3.05, 3.63) is 69.6 Å². The summed E-state index contributed by atoms with van der Waals surface area (Å²) >= 11 is 13.5. The van der Waals surface area contributed by atoms with E-state index in [4.69, 9.17) is 28.6 Å². The van der Waals surface area contributed by atoms with Crippen molar-refractivity contribution in [3.8, 4) is 11.1 Å². The van der Waals surface area contributed by atoms with Gasteiger partial charge in [0.1, 0.15) is 10.6 Å². The van der Waals surface area contributed by atoms with Crippen LogP contribution in [-0.4, -0.2) is 49.3 Å². The smallest absolute Gasteiger partial charge is 0.341 e. The standard InChI is InChI=1S/C25H26ClN3O2S2/c1-16-9-10-19(26)15-20(16)28-11-13-29(14-12-28)25(32)27-23-22(24(30)31-3)21(17(2)33-23)18-7-5-4-6-8-18/h4-10,15H,11-14H2,1-3H3,(H,27,32). The molecule has 1 fully saturated rings. The molecule has 0 bridgehead atoms. The molecule has 0 amide bonds. The van der Waals surface area contributed by atoms with Crippen LogP contribution >= 0.6 is 35.2 Å². The van der Waals surface area contributed by atoms with Gasteiger partial charge >= 0.3 is 5.97 Å². The van der Waals surface area contributed by atoms with Crippen molar-refractivity contribution in [1.29, 1.82) is 0 Å². The molecular formula is C25H26ClN3O2S2. The van der Waals surface area contributed by atoms with Crippen LogP contribution in [0.4, 0.5) is 10.7 Å². The number of benzene rings is 2. The molecule has 5 nitrogen and oxygen atoms in total. The summed E-state index contributed by atoms with van der Waals surface area (Å²) in [6.07, 6.45) is 0. The summed E-state index contributed by atoms with van der Waals surface area (Å²) in [5.41, 5.74) is 4.77. The van der Waals surface area contributed by atoms with E-state index in [-0.39, 0.29) is 5.97 Å². The molecular weight excluding hydrogens is 474 g/mol. The number of halogens is 1. The zero-order valence-corrected chi connectivity index (χ0v) is 21.2. The first-order valence-corrected chi connectivity index (χ1v) is 12.3. The van der Waals surface area contributed by atoms with E-state index in [0.717, 1.165) is 57.9 Å². The highest BCUT2D eigenvalue weighted by Crippen LogP contribution is 2.40. The van der Waals surface area contributed by atoms with E-state index in [0.29, 0.717) is 10.7 Å². The number of carbonyl (C=O) groups excluding carboxylic acids is 1. The summed E-state index contributed by atoms with van der Waals surface area (Å²) in [6, 6.07) is 15.9. The van der Waals surface area contributed by atoms with Gasteiger partial charge in [-0.25, -0.2) is 4.79 Å². The highest BCUT2D eigenvalue weighted by molar-refractivity contribution is 7.80. The number of hydrogen-bond donors (Lipinski definition) is 1.